The summed E-state index contributed by atoms with van der Waals surface area (Å²) in [5.74, 6) is -1.30. The molecule has 1 aromatic heterocycles. The lowest BCUT2D eigenvalue weighted by atomic mass is 9.81. The fourth-order valence-corrected chi connectivity index (χ4v) is 5.33. The van der Waals surface area contributed by atoms with E-state index in [9.17, 15) is 14.4 Å². The van der Waals surface area contributed by atoms with Crippen LogP contribution < -0.4 is 4.74 Å². The van der Waals surface area contributed by atoms with Gasteiger partial charge < -0.3 is 14.0 Å². The summed E-state index contributed by atoms with van der Waals surface area (Å²) in [6.45, 7) is 5.72. The molecule has 0 amide bonds. The number of halogens is 2. The third-order valence-electron chi connectivity index (χ3n) is 7.42. The minimum Gasteiger partial charge on any atom is -0.485 e. The molecule has 0 radical (unpaired) electrons. The highest BCUT2D eigenvalue weighted by Gasteiger charge is 2.34. The summed E-state index contributed by atoms with van der Waals surface area (Å²) in [7, 11) is 1.32. The first-order chi connectivity index (χ1) is 20.2. The molecule has 0 aliphatic heterocycles. The van der Waals surface area contributed by atoms with Crippen LogP contribution in [-0.2, 0) is 16.8 Å². The van der Waals surface area contributed by atoms with Gasteiger partial charge >= 0.3 is 5.97 Å². The van der Waals surface area contributed by atoms with Crippen LogP contribution in [0.2, 0.25) is 0 Å². The van der Waals surface area contributed by atoms with Gasteiger partial charge in [0.05, 0.1) is 29.6 Å². The Kier molecular flexibility index (Phi) is 7.82. The quantitative estimate of drug-likeness (QED) is 0.177. The van der Waals surface area contributed by atoms with Crippen molar-refractivity contribution < 1.29 is 23.0 Å². The second-order valence-electron chi connectivity index (χ2n) is 10.8. The lowest BCUT2D eigenvalue weighted by Crippen LogP contribution is -2.22. The number of methoxy groups -OCH3 is 1. The number of hydrogen-bond acceptors (Lipinski definition) is 4. The van der Waals surface area contributed by atoms with Crippen molar-refractivity contribution in [2.45, 2.75) is 39.2 Å². The maximum Gasteiger partial charge on any atom is 0.337 e. The molecule has 0 aliphatic rings. The summed E-state index contributed by atoms with van der Waals surface area (Å²) in [5.41, 5.74) is 4.33. The lowest BCUT2D eigenvalue weighted by Gasteiger charge is -2.27. The smallest absolute Gasteiger partial charge is 0.337 e. The monoisotopic (exact) mass is 564 g/mol. The zero-order valence-corrected chi connectivity index (χ0v) is 23.9. The number of aromatic nitrogens is 1. The van der Waals surface area contributed by atoms with Gasteiger partial charge in [0.1, 0.15) is 12.4 Å². The van der Waals surface area contributed by atoms with Gasteiger partial charge in [-0.05, 0) is 66.1 Å². The molecule has 0 N–H and O–H groups in total. The van der Waals surface area contributed by atoms with Crippen molar-refractivity contribution in [2.75, 3.05) is 7.11 Å². The molecular weight excluding hydrogens is 534 g/mol. The number of rotatable bonds is 8. The minimum absolute atomic E-state index is 0.0648. The summed E-state index contributed by atoms with van der Waals surface area (Å²) in [5, 5.41) is 10.3. The van der Waals surface area contributed by atoms with Crippen molar-refractivity contribution in [2.24, 2.45) is 0 Å². The van der Waals surface area contributed by atoms with Crippen LogP contribution in [0.3, 0.4) is 0 Å². The molecular formula is C35H30F2N2O3. The molecule has 0 bridgehead atoms. The van der Waals surface area contributed by atoms with Crippen LogP contribution in [0, 0.1) is 29.9 Å². The average molecular weight is 565 g/mol. The Hall–Kier alpha value is -4.96. The number of hydrogen-bond donors (Lipinski definition) is 0. The summed E-state index contributed by atoms with van der Waals surface area (Å²) >= 11 is 0. The van der Waals surface area contributed by atoms with Crippen LogP contribution in [0.4, 0.5) is 8.78 Å². The number of nitriles is 1. The molecule has 0 saturated heterocycles. The second kappa shape index (κ2) is 11.5. The molecule has 5 nitrogen and oxygen atoms in total. The van der Waals surface area contributed by atoms with Gasteiger partial charge in [-0.1, -0.05) is 56.3 Å². The van der Waals surface area contributed by atoms with Gasteiger partial charge in [-0.15, -0.1) is 0 Å². The van der Waals surface area contributed by atoms with E-state index in [0.29, 0.717) is 38.8 Å². The van der Waals surface area contributed by atoms with E-state index in [1.807, 2.05) is 48.7 Å². The maximum absolute atomic E-state index is 15.7. The van der Waals surface area contributed by atoms with Crippen molar-refractivity contribution in [1.82, 2.24) is 4.57 Å². The second-order valence-corrected chi connectivity index (χ2v) is 10.8. The van der Waals surface area contributed by atoms with Crippen LogP contribution >= 0.6 is 0 Å². The number of benzene rings is 4. The summed E-state index contributed by atoms with van der Waals surface area (Å²) in [4.78, 5) is 12.2. The Bertz CT molecular complexity index is 1820. The summed E-state index contributed by atoms with van der Waals surface area (Å²) in [6.07, 6.45) is 0.152. The zero-order chi connectivity index (χ0) is 30.0. The van der Waals surface area contributed by atoms with E-state index in [2.05, 4.69) is 6.07 Å². The molecule has 0 spiro atoms. The molecule has 1 heterocycles. The highest BCUT2D eigenvalue weighted by Crippen LogP contribution is 2.48. The maximum atomic E-state index is 15.7. The highest BCUT2D eigenvalue weighted by atomic mass is 19.1. The molecule has 5 aromatic rings. The van der Waals surface area contributed by atoms with Gasteiger partial charge in [0, 0.05) is 28.8 Å². The van der Waals surface area contributed by atoms with Crippen LogP contribution in [-0.4, -0.2) is 17.6 Å². The van der Waals surface area contributed by atoms with E-state index in [0.717, 1.165) is 11.3 Å². The summed E-state index contributed by atoms with van der Waals surface area (Å²) < 4.78 is 43.2. The molecule has 42 heavy (non-hydrogen) atoms. The number of nitrogens with zero attached hydrogens (tertiary/aromatic N) is 2. The molecule has 0 unspecified atom stereocenters. The Morgan fingerprint density at radius 1 is 0.952 bits per heavy atom. The minimum atomic E-state index is -0.737. The number of carbonyl (C=O) groups excluding carboxylic acids is 1. The molecule has 7 heteroatoms. The van der Waals surface area contributed by atoms with Crippen molar-refractivity contribution >= 4 is 16.9 Å². The van der Waals surface area contributed by atoms with E-state index in [-0.39, 0.29) is 24.6 Å². The molecule has 4 aromatic carbocycles. The normalized spacial score (nSPS) is 11.4. The number of fused-ring (bicyclic) bond motifs is 1. The fraction of sp³-hybridized carbons (Fsp3) is 0.200. The molecule has 0 fully saturated rings. The fourth-order valence-electron chi connectivity index (χ4n) is 5.33. The van der Waals surface area contributed by atoms with Crippen LogP contribution in [0.25, 0.3) is 27.7 Å². The SMILES string of the molecule is COC(=O)c1ccc(-c2c(C(C)(C)CC#N)n(-c3ccc(F)c(C)c3)c3ccc(F)c(OCc4ccccc4)c23)cc1. The standard InChI is InChI=1S/C35H30F2N2O3/c1-22-20-26(14-15-27(22)36)39-29-17-16-28(37)32(42-21-23-8-6-5-7-9-23)31(29)30(33(39)35(2,3)18-19-38)24-10-12-25(13-11-24)34(40)41-4/h5-17,20H,18,21H2,1-4H3. The Morgan fingerprint density at radius 3 is 2.29 bits per heavy atom. The van der Waals surface area contributed by atoms with Gasteiger partial charge in [-0.2, -0.15) is 5.26 Å². The van der Waals surface area contributed by atoms with E-state index in [4.69, 9.17) is 9.47 Å². The van der Waals surface area contributed by atoms with Gasteiger partial charge in [0.15, 0.2) is 11.6 Å². The van der Waals surface area contributed by atoms with Crippen molar-refractivity contribution in [1.29, 1.82) is 5.26 Å². The van der Waals surface area contributed by atoms with Crippen molar-refractivity contribution in [3.63, 3.8) is 0 Å². The predicted molar refractivity (Wildman–Crippen MR) is 159 cm³/mol. The van der Waals surface area contributed by atoms with Gasteiger partial charge in [0.25, 0.3) is 0 Å². The first-order valence-corrected chi connectivity index (χ1v) is 13.5. The zero-order valence-electron chi connectivity index (χ0n) is 23.9. The molecule has 0 atom stereocenters. The molecule has 212 valence electrons. The van der Waals surface area contributed by atoms with Crippen molar-refractivity contribution in [3.05, 3.63) is 119 Å². The molecule has 0 aliphatic carbocycles. The number of esters is 1. The molecule has 5 rings (SSSR count). The van der Waals surface area contributed by atoms with Crippen LogP contribution in [0.5, 0.6) is 5.75 Å². The van der Waals surface area contributed by atoms with Crippen LogP contribution in [0.1, 0.15) is 47.4 Å². The largest absolute Gasteiger partial charge is 0.485 e. The van der Waals surface area contributed by atoms with E-state index in [1.54, 1.807) is 49.4 Å². The van der Waals surface area contributed by atoms with E-state index >= 15 is 4.39 Å². The van der Waals surface area contributed by atoms with Gasteiger partial charge in [-0.3, -0.25) is 0 Å². The first-order valence-electron chi connectivity index (χ1n) is 13.5. The first kappa shape index (κ1) is 28.6. The van der Waals surface area contributed by atoms with Crippen LogP contribution in [0.15, 0.2) is 84.9 Å². The van der Waals surface area contributed by atoms with E-state index in [1.165, 1.54) is 19.2 Å². The van der Waals surface area contributed by atoms with Crippen molar-refractivity contribution in [3.8, 4) is 28.6 Å². The topological polar surface area (TPSA) is 64.2 Å². The Balaban J connectivity index is 1.88. The Morgan fingerprint density at radius 2 is 1.64 bits per heavy atom. The number of carbonyl (C=O) groups is 1. The number of aryl methyl sites for hydroxylation is 1. The van der Waals surface area contributed by atoms with Gasteiger partial charge in [-0.25, -0.2) is 13.6 Å². The van der Waals surface area contributed by atoms with E-state index < -0.39 is 17.2 Å². The number of ether oxygens (including phenoxy) is 2. The third-order valence-corrected chi connectivity index (χ3v) is 7.42. The average Bonchev–Trinajstić information content (AvgIpc) is 3.34. The third kappa shape index (κ3) is 5.24. The van der Waals surface area contributed by atoms with Gasteiger partial charge in [0.2, 0.25) is 0 Å². The highest BCUT2D eigenvalue weighted by molar-refractivity contribution is 6.04. The predicted octanol–water partition coefficient (Wildman–Crippen LogP) is 8.44. The Labute approximate surface area is 243 Å². The lowest BCUT2D eigenvalue weighted by molar-refractivity contribution is 0.0600. The molecule has 0 saturated carbocycles. The summed E-state index contributed by atoms with van der Waals surface area (Å²) in [6, 6.07) is 26.5.